The van der Waals surface area contributed by atoms with Crippen LogP contribution in [0.3, 0.4) is 0 Å². The van der Waals surface area contributed by atoms with E-state index in [0.29, 0.717) is 40.4 Å². The molecule has 0 aliphatic rings. The van der Waals surface area contributed by atoms with E-state index in [-0.39, 0.29) is 0 Å². The second kappa shape index (κ2) is 8.50. The predicted octanol–water partition coefficient (Wildman–Crippen LogP) is 4.20. The molecule has 0 atom stereocenters. The van der Waals surface area contributed by atoms with E-state index < -0.39 is 6.03 Å². The fourth-order valence-corrected chi connectivity index (χ4v) is 2.29. The highest BCUT2D eigenvalue weighted by Gasteiger charge is 2.08. The number of urea groups is 1. The van der Waals surface area contributed by atoms with Gasteiger partial charge in [0, 0.05) is 6.07 Å². The van der Waals surface area contributed by atoms with Crippen LogP contribution in [-0.2, 0) is 0 Å². The van der Waals surface area contributed by atoms with Crippen molar-refractivity contribution in [2.75, 3.05) is 25.6 Å². The van der Waals surface area contributed by atoms with Crippen molar-refractivity contribution < 1.29 is 14.3 Å². The molecule has 0 fully saturated rings. The van der Waals surface area contributed by atoms with Gasteiger partial charge in [-0.1, -0.05) is 35.3 Å². The topological polar surface area (TPSA) is 59.6 Å². The second-order valence-electron chi connectivity index (χ2n) is 4.51. The first-order chi connectivity index (χ1) is 11.1. The monoisotopic (exact) mass is 354 g/mol. The summed E-state index contributed by atoms with van der Waals surface area (Å²) in [5, 5.41) is 6.02. The number of hydrogen-bond acceptors (Lipinski definition) is 3. The van der Waals surface area contributed by atoms with Crippen molar-refractivity contribution in [2.45, 2.75) is 0 Å². The number of halogens is 2. The SMILES string of the molecule is COc1cccc(OCCNC(=O)Nc2c(Cl)cccc2Cl)c1. The third-order valence-electron chi connectivity index (χ3n) is 2.90. The summed E-state index contributed by atoms with van der Waals surface area (Å²) in [4.78, 5) is 11.8. The number of carbonyl (C=O) groups is 1. The quantitative estimate of drug-likeness (QED) is 0.764. The van der Waals surface area contributed by atoms with Crippen LogP contribution >= 0.6 is 23.2 Å². The van der Waals surface area contributed by atoms with Crippen LogP contribution in [0.1, 0.15) is 0 Å². The highest BCUT2D eigenvalue weighted by atomic mass is 35.5. The summed E-state index contributed by atoms with van der Waals surface area (Å²) in [6.45, 7) is 0.641. The highest BCUT2D eigenvalue weighted by Crippen LogP contribution is 2.29. The summed E-state index contributed by atoms with van der Waals surface area (Å²) in [5.74, 6) is 1.38. The molecule has 2 amide bonds. The number of carbonyl (C=O) groups excluding carboxylic acids is 1. The van der Waals surface area contributed by atoms with Crippen LogP contribution in [0, 0.1) is 0 Å². The van der Waals surface area contributed by atoms with Crippen molar-refractivity contribution >= 4 is 34.9 Å². The minimum Gasteiger partial charge on any atom is -0.497 e. The van der Waals surface area contributed by atoms with E-state index in [0.717, 1.165) is 0 Å². The molecule has 122 valence electrons. The summed E-state index contributed by atoms with van der Waals surface area (Å²) in [5.41, 5.74) is 0.377. The second-order valence-corrected chi connectivity index (χ2v) is 5.32. The number of anilines is 1. The van der Waals surface area contributed by atoms with Gasteiger partial charge in [0.15, 0.2) is 0 Å². The largest absolute Gasteiger partial charge is 0.497 e. The van der Waals surface area contributed by atoms with Crippen LogP contribution in [0.5, 0.6) is 11.5 Å². The van der Waals surface area contributed by atoms with E-state index in [4.69, 9.17) is 32.7 Å². The lowest BCUT2D eigenvalue weighted by Gasteiger charge is -2.11. The first-order valence-electron chi connectivity index (χ1n) is 6.86. The summed E-state index contributed by atoms with van der Waals surface area (Å²) < 4.78 is 10.6. The standard InChI is InChI=1S/C16H16Cl2N2O3/c1-22-11-4-2-5-12(10-11)23-9-8-19-16(21)20-15-13(17)6-3-7-14(15)18/h2-7,10H,8-9H2,1H3,(H2,19,20,21). The molecule has 2 aromatic carbocycles. The zero-order valence-corrected chi connectivity index (χ0v) is 13.9. The lowest BCUT2D eigenvalue weighted by Crippen LogP contribution is -2.32. The first-order valence-corrected chi connectivity index (χ1v) is 7.61. The van der Waals surface area contributed by atoms with E-state index in [2.05, 4.69) is 10.6 Å². The zero-order valence-electron chi connectivity index (χ0n) is 12.4. The number of ether oxygens (including phenoxy) is 2. The molecule has 0 spiro atoms. The fraction of sp³-hybridized carbons (Fsp3) is 0.188. The Kier molecular flexibility index (Phi) is 6.38. The van der Waals surface area contributed by atoms with Gasteiger partial charge in [-0.3, -0.25) is 0 Å². The van der Waals surface area contributed by atoms with Crippen LogP contribution in [0.2, 0.25) is 10.0 Å². The third-order valence-corrected chi connectivity index (χ3v) is 3.53. The van der Waals surface area contributed by atoms with Crippen molar-refractivity contribution in [1.82, 2.24) is 5.32 Å². The molecule has 0 heterocycles. The zero-order chi connectivity index (χ0) is 16.7. The Bertz CT molecular complexity index is 660. The van der Waals surface area contributed by atoms with Gasteiger partial charge in [0.2, 0.25) is 0 Å². The summed E-state index contributed by atoms with van der Waals surface area (Å²) >= 11 is 12.0. The van der Waals surface area contributed by atoms with Crippen molar-refractivity contribution in [3.8, 4) is 11.5 Å². The van der Waals surface area contributed by atoms with Crippen LogP contribution in [0.15, 0.2) is 42.5 Å². The smallest absolute Gasteiger partial charge is 0.319 e. The van der Waals surface area contributed by atoms with Crippen LogP contribution < -0.4 is 20.1 Å². The molecule has 0 radical (unpaired) electrons. The molecule has 0 saturated carbocycles. The molecule has 2 rings (SSSR count). The Hall–Kier alpha value is -2.11. The summed E-state index contributed by atoms with van der Waals surface area (Å²) in [6.07, 6.45) is 0. The maximum Gasteiger partial charge on any atom is 0.319 e. The number of methoxy groups -OCH3 is 1. The van der Waals surface area contributed by atoms with E-state index in [1.807, 2.05) is 18.2 Å². The van der Waals surface area contributed by atoms with Gasteiger partial charge in [-0.25, -0.2) is 4.79 Å². The maximum absolute atomic E-state index is 11.8. The minimum absolute atomic E-state index is 0.316. The molecular formula is C16H16Cl2N2O3. The van der Waals surface area contributed by atoms with Gasteiger partial charge < -0.3 is 20.1 Å². The summed E-state index contributed by atoms with van der Waals surface area (Å²) in [6, 6.07) is 11.8. The maximum atomic E-state index is 11.8. The number of benzene rings is 2. The normalized spacial score (nSPS) is 10.0. The highest BCUT2D eigenvalue weighted by molar-refractivity contribution is 6.39. The van der Waals surface area contributed by atoms with E-state index in [1.54, 1.807) is 31.4 Å². The van der Waals surface area contributed by atoms with Crippen LogP contribution in [-0.4, -0.2) is 26.3 Å². The van der Waals surface area contributed by atoms with E-state index in [9.17, 15) is 4.79 Å². The Balaban J connectivity index is 1.76. The Morgan fingerprint density at radius 1 is 1.09 bits per heavy atom. The van der Waals surface area contributed by atoms with Crippen molar-refractivity contribution in [1.29, 1.82) is 0 Å². The molecule has 0 aliphatic carbocycles. The van der Waals surface area contributed by atoms with Gasteiger partial charge >= 0.3 is 6.03 Å². The molecule has 2 N–H and O–H groups in total. The Labute approximate surface area is 144 Å². The Morgan fingerprint density at radius 2 is 1.74 bits per heavy atom. The van der Waals surface area contributed by atoms with E-state index >= 15 is 0 Å². The van der Waals surface area contributed by atoms with Crippen molar-refractivity contribution in [2.24, 2.45) is 0 Å². The molecule has 0 unspecified atom stereocenters. The van der Waals surface area contributed by atoms with E-state index in [1.165, 1.54) is 0 Å². The van der Waals surface area contributed by atoms with Gasteiger partial charge in [-0.2, -0.15) is 0 Å². The summed E-state index contributed by atoms with van der Waals surface area (Å²) in [7, 11) is 1.59. The van der Waals surface area contributed by atoms with Gasteiger partial charge in [0.25, 0.3) is 0 Å². The predicted molar refractivity (Wildman–Crippen MR) is 92.0 cm³/mol. The van der Waals surface area contributed by atoms with Gasteiger partial charge in [-0.05, 0) is 24.3 Å². The third kappa shape index (κ3) is 5.23. The molecule has 7 heteroatoms. The van der Waals surface area contributed by atoms with Gasteiger partial charge in [0.1, 0.15) is 18.1 Å². The lowest BCUT2D eigenvalue weighted by atomic mass is 10.3. The average Bonchev–Trinajstić information content (AvgIpc) is 2.55. The molecule has 5 nitrogen and oxygen atoms in total. The molecule has 2 aromatic rings. The van der Waals surface area contributed by atoms with Gasteiger partial charge in [0.05, 0.1) is 29.4 Å². The molecule has 0 aliphatic heterocycles. The van der Waals surface area contributed by atoms with Crippen molar-refractivity contribution in [3.05, 3.63) is 52.5 Å². The minimum atomic E-state index is -0.408. The number of hydrogen-bond donors (Lipinski definition) is 2. The van der Waals surface area contributed by atoms with Crippen molar-refractivity contribution in [3.63, 3.8) is 0 Å². The molecule has 23 heavy (non-hydrogen) atoms. The van der Waals surface area contributed by atoms with Gasteiger partial charge in [-0.15, -0.1) is 0 Å². The molecule has 0 aromatic heterocycles. The molecule has 0 bridgehead atoms. The average molecular weight is 355 g/mol. The number of rotatable bonds is 6. The first kappa shape index (κ1) is 17.2. The molecular weight excluding hydrogens is 339 g/mol. The van der Waals surface area contributed by atoms with Crippen LogP contribution in [0.4, 0.5) is 10.5 Å². The Morgan fingerprint density at radius 3 is 2.43 bits per heavy atom. The fourth-order valence-electron chi connectivity index (χ4n) is 1.80. The molecule has 0 saturated heterocycles. The number of nitrogens with one attached hydrogen (secondary N) is 2. The lowest BCUT2D eigenvalue weighted by molar-refractivity contribution is 0.247. The number of amides is 2. The number of para-hydroxylation sites is 1. The van der Waals surface area contributed by atoms with Crippen LogP contribution in [0.25, 0.3) is 0 Å².